The molecule has 1 amide bonds. The van der Waals surface area contributed by atoms with Crippen molar-refractivity contribution < 1.29 is 9.18 Å². The molecule has 0 fully saturated rings. The molecule has 0 aliphatic carbocycles. The molecule has 1 heterocycles. The van der Waals surface area contributed by atoms with Crippen LogP contribution in [0.2, 0.25) is 0 Å². The molecule has 0 aliphatic rings. The van der Waals surface area contributed by atoms with E-state index in [1.54, 1.807) is 11.3 Å². The van der Waals surface area contributed by atoms with Crippen LogP contribution >= 0.6 is 11.3 Å². The molecule has 0 radical (unpaired) electrons. The highest BCUT2D eigenvalue weighted by Crippen LogP contribution is 2.26. The minimum absolute atomic E-state index is 0.106. The van der Waals surface area contributed by atoms with Gasteiger partial charge in [-0.05, 0) is 29.5 Å². The number of nitrogen functional groups attached to an aromatic ring is 1. The van der Waals surface area contributed by atoms with E-state index >= 15 is 0 Å². The number of carbonyl (C=O) groups is 1. The van der Waals surface area contributed by atoms with Gasteiger partial charge < -0.3 is 11.1 Å². The molecule has 0 saturated carbocycles. The number of anilines is 1. The summed E-state index contributed by atoms with van der Waals surface area (Å²) in [7, 11) is 0. The largest absolute Gasteiger partial charge is 0.396 e. The molecule has 0 bridgehead atoms. The van der Waals surface area contributed by atoms with E-state index < -0.39 is 5.82 Å². The number of halogens is 1. The summed E-state index contributed by atoms with van der Waals surface area (Å²) < 4.78 is 13.4. The fraction of sp³-hybridized carbons (Fsp3) is 0.267. The van der Waals surface area contributed by atoms with Gasteiger partial charge in [-0.1, -0.05) is 26.0 Å². The molecule has 1 unspecified atom stereocenters. The van der Waals surface area contributed by atoms with Crippen molar-refractivity contribution in [1.29, 1.82) is 0 Å². The molecule has 3 nitrogen and oxygen atoms in total. The monoisotopic (exact) mass is 292 g/mol. The van der Waals surface area contributed by atoms with Crippen LogP contribution in [-0.2, 0) is 0 Å². The summed E-state index contributed by atoms with van der Waals surface area (Å²) in [5.41, 5.74) is 5.68. The first kappa shape index (κ1) is 14.5. The maximum absolute atomic E-state index is 13.4. The first-order valence-electron chi connectivity index (χ1n) is 6.39. The van der Waals surface area contributed by atoms with E-state index in [4.69, 9.17) is 5.73 Å². The van der Waals surface area contributed by atoms with E-state index in [0.717, 1.165) is 4.88 Å². The Labute approximate surface area is 121 Å². The molecule has 1 aromatic heterocycles. The highest BCUT2D eigenvalue weighted by molar-refractivity contribution is 7.10. The second-order valence-electron chi connectivity index (χ2n) is 4.91. The first-order valence-corrected chi connectivity index (χ1v) is 7.27. The number of thiophene rings is 1. The van der Waals surface area contributed by atoms with Gasteiger partial charge in [0.25, 0.3) is 5.91 Å². The van der Waals surface area contributed by atoms with E-state index in [1.807, 2.05) is 31.4 Å². The standard InChI is InChI=1S/C15H17FN2OS/c1-9(2)14(12-7-4-8-20-12)18-15(19)10-5-3-6-11(16)13(10)17/h3-9,14H,17H2,1-2H3,(H,18,19). The second-order valence-corrected chi connectivity index (χ2v) is 5.89. The molecule has 0 spiro atoms. The minimum atomic E-state index is -0.574. The van der Waals surface area contributed by atoms with Crippen LogP contribution in [-0.4, -0.2) is 5.91 Å². The Bertz CT molecular complexity index is 596. The van der Waals surface area contributed by atoms with E-state index in [1.165, 1.54) is 18.2 Å². The number of nitrogens with two attached hydrogens (primary N) is 1. The molecule has 5 heteroatoms. The van der Waals surface area contributed by atoms with Gasteiger partial charge in [-0.3, -0.25) is 4.79 Å². The van der Waals surface area contributed by atoms with Crippen LogP contribution in [0.15, 0.2) is 35.7 Å². The van der Waals surface area contributed by atoms with Gasteiger partial charge in [0.15, 0.2) is 0 Å². The summed E-state index contributed by atoms with van der Waals surface area (Å²) in [4.78, 5) is 13.3. The number of hydrogen-bond donors (Lipinski definition) is 2. The fourth-order valence-electron chi connectivity index (χ4n) is 1.99. The van der Waals surface area contributed by atoms with E-state index in [0.29, 0.717) is 0 Å². The van der Waals surface area contributed by atoms with Gasteiger partial charge in [0.1, 0.15) is 5.82 Å². The molecule has 0 saturated heterocycles. The van der Waals surface area contributed by atoms with Crippen molar-refractivity contribution >= 4 is 22.9 Å². The van der Waals surface area contributed by atoms with Gasteiger partial charge >= 0.3 is 0 Å². The highest BCUT2D eigenvalue weighted by atomic mass is 32.1. The summed E-state index contributed by atoms with van der Waals surface area (Å²) in [6.07, 6.45) is 0. The van der Waals surface area contributed by atoms with Gasteiger partial charge in [-0.25, -0.2) is 4.39 Å². The average Bonchev–Trinajstić information content (AvgIpc) is 2.92. The third kappa shape index (κ3) is 2.99. The van der Waals surface area contributed by atoms with Crippen LogP contribution in [0, 0.1) is 11.7 Å². The van der Waals surface area contributed by atoms with Crippen molar-refractivity contribution in [1.82, 2.24) is 5.32 Å². The molecular formula is C15H17FN2OS. The van der Waals surface area contributed by atoms with Crippen molar-refractivity contribution in [3.8, 4) is 0 Å². The maximum Gasteiger partial charge on any atom is 0.253 e. The number of amides is 1. The lowest BCUT2D eigenvalue weighted by Gasteiger charge is -2.21. The molecule has 2 aromatic rings. The van der Waals surface area contributed by atoms with Crippen LogP contribution in [0.1, 0.15) is 35.1 Å². The van der Waals surface area contributed by atoms with Gasteiger partial charge in [0.05, 0.1) is 17.3 Å². The third-order valence-electron chi connectivity index (χ3n) is 3.10. The Kier molecular flexibility index (Phi) is 4.39. The predicted molar refractivity (Wildman–Crippen MR) is 80.2 cm³/mol. The summed E-state index contributed by atoms with van der Waals surface area (Å²) >= 11 is 1.58. The SMILES string of the molecule is CC(C)C(NC(=O)c1cccc(F)c1N)c1cccs1. The number of para-hydroxylation sites is 1. The van der Waals surface area contributed by atoms with Crippen molar-refractivity contribution in [2.45, 2.75) is 19.9 Å². The Balaban J connectivity index is 2.23. The molecule has 20 heavy (non-hydrogen) atoms. The molecular weight excluding hydrogens is 275 g/mol. The summed E-state index contributed by atoms with van der Waals surface area (Å²) in [6, 6.07) is 8.06. The van der Waals surface area contributed by atoms with Crippen LogP contribution in [0.3, 0.4) is 0 Å². The maximum atomic E-state index is 13.4. The van der Waals surface area contributed by atoms with E-state index in [2.05, 4.69) is 5.32 Å². The first-order chi connectivity index (χ1) is 9.50. The number of nitrogens with one attached hydrogen (secondary N) is 1. The van der Waals surface area contributed by atoms with Crippen LogP contribution < -0.4 is 11.1 Å². The highest BCUT2D eigenvalue weighted by Gasteiger charge is 2.21. The third-order valence-corrected chi connectivity index (χ3v) is 4.06. The summed E-state index contributed by atoms with van der Waals surface area (Å²) in [6.45, 7) is 4.05. The second kappa shape index (κ2) is 6.05. The zero-order valence-corrected chi connectivity index (χ0v) is 12.2. The normalized spacial score (nSPS) is 12.4. The van der Waals surface area contributed by atoms with Gasteiger partial charge in [0.2, 0.25) is 0 Å². The number of carbonyl (C=O) groups excluding carboxylic acids is 1. The van der Waals surface area contributed by atoms with Crippen molar-refractivity contribution in [3.63, 3.8) is 0 Å². The zero-order chi connectivity index (χ0) is 14.7. The van der Waals surface area contributed by atoms with Crippen molar-refractivity contribution in [3.05, 3.63) is 52.0 Å². The molecule has 1 atom stereocenters. The Morgan fingerprint density at radius 3 is 2.65 bits per heavy atom. The van der Waals surface area contributed by atoms with Crippen LogP contribution in [0.25, 0.3) is 0 Å². The van der Waals surface area contributed by atoms with Gasteiger partial charge in [-0.2, -0.15) is 0 Å². The van der Waals surface area contributed by atoms with E-state index in [-0.39, 0.29) is 29.1 Å². The van der Waals surface area contributed by atoms with Gasteiger partial charge in [0, 0.05) is 4.88 Å². The number of benzene rings is 1. The predicted octanol–water partition coefficient (Wildman–Crippen LogP) is 3.60. The molecule has 0 aliphatic heterocycles. The Morgan fingerprint density at radius 1 is 1.30 bits per heavy atom. The molecule has 106 valence electrons. The minimum Gasteiger partial charge on any atom is -0.396 e. The quantitative estimate of drug-likeness (QED) is 0.846. The lowest BCUT2D eigenvalue weighted by Crippen LogP contribution is -2.31. The smallest absolute Gasteiger partial charge is 0.253 e. The number of rotatable bonds is 4. The molecule has 3 N–H and O–H groups in total. The summed E-state index contributed by atoms with van der Waals surface area (Å²) in [5.74, 6) is -0.698. The Morgan fingerprint density at radius 2 is 2.05 bits per heavy atom. The lowest BCUT2D eigenvalue weighted by molar-refractivity contribution is 0.0927. The fourth-order valence-corrected chi connectivity index (χ4v) is 2.94. The van der Waals surface area contributed by atoms with E-state index in [9.17, 15) is 9.18 Å². The van der Waals surface area contributed by atoms with Gasteiger partial charge in [-0.15, -0.1) is 11.3 Å². The topological polar surface area (TPSA) is 55.1 Å². The average molecular weight is 292 g/mol. The lowest BCUT2D eigenvalue weighted by atomic mass is 10.0. The Hall–Kier alpha value is -1.88. The molecule has 2 rings (SSSR count). The summed E-state index contributed by atoms with van der Waals surface area (Å²) in [5, 5.41) is 4.89. The zero-order valence-electron chi connectivity index (χ0n) is 11.4. The van der Waals surface area contributed by atoms with Crippen molar-refractivity contribution in [2.75, 3.05) is 5.73 Å². The number of hydrogen-bond acceptors (Lipinski definition) is 3. The van der Waals surface area contributed by atoms with Crippen LogP contribution in [0.4, 0.5) is 10.1 Å². The van der Waals surface area contributed by atoms with Crippen LogP contribution in [0.5, 0.6) is 0 Å². The molecule has 1 aromatic carbocycles. The van der Waals surface area contributed by atoms with Crippen molar-refractivity contribution in [2.24, 2.45) is 5.92 Å².